The van der Waals surface area contributed by atoms with Crippen molar-refractivity contribution in [3.8, 4) is 5.75 Å². The summed E-state index contributed by atoms with van der Waals surface area (Å²) < 4.78 is 7.19. The van der Waals surface area contributed by atoms with Crippen LogP contribution in [0.3, 0.4) is 0 Å². The summed E-state index contributed by atoms with van der Waals surface area (Å²) in [5, 5.41) is 14.0. The molecular weight excluding hydrogens is 332 g/mol. The number of ether oxygens (including phenoxy) is 1. The quantitative estimate of drug-likeness (QED) is 0.548. The Bertz CT molecular complexity index is 1020. The number of hydrogen-bond donors (Lipinski definition) is 0. The lowest BCUT2D eigenvalue weighted by atomic mass is 10.1. The van der Waals surface area contributed by atoms with Gasteiger partial charge in [-0.05, 0) is 23.8 Å². The molecule has 2 aromatic heterocycles. The monoisotopic (exact) mass is 348 g/mol. The predicted molar refractivity (Wildman–Crippen MR) is 99.8 cm³/mol. The second-order valence-electron chi connectivity index (χ2n) is 5.49. The number of benzene rings is 2. The third kappa shape index (κ3) is 3.29. The Kier molecular flexibility index (Phi) is 4.26. The van der Waals surface area contributed by atoms with Crippen molar-refractivity contribution in [3.05, 3.63) is 76.6 Å². The highest BCUT2D eigenvalue weighted by molar-refractivity contribution is 7.17. The molecule has 2 aromatic carbocycles. The average molecular weight is 348 g/mol. The van der Waals surface area contributed by atoms with Crippen molar-refractivity contribution in [2.24, 2.45) is 0 Å². The van der Waals surface area contributed by atoms with Crippen LogP contribution in [0.4, 0.5) is 0 Å². The number of fused-ring (bicyclic) bond motifs is 1. The van der Waals surface area contributed by atoms with Crippen LogP contribution >= 0.6 is 11.3 Å². The Labute approximate surface area is 149 Å². The maximum absolute atomic E-state index is 5.37. The largest absolute Gasteiger partial charge is 0.496 e. The molecule has 0 aliphatic carbocycles. The first-order chi connectivity index (χ1) is 12.3. The molecule has 0 atom stereocenters. The zero-order valence-electron chi connectivity index (χ0n) is 13.7. The first-order valence-corrected chi connectivity index (χ1v) is 8.71. The molecule has 0 aliphatic heterocycles. The van der Waals surface area contributed by atoms with E-state index in [4.69, 9.17) is 4.74 Å². The van der Waals surface area contributed by atoms with Crippen molar-refractivity contribution in [3.63, 3.8) is 0 Å². The summed E-state index contributed by atoms with van der Waals surface area (Å²) >= 11 is 1.51. The number of methoxy groups -OCH3 is 1. The highest BCUT2D eigenvalue weighted by Crippen LogP contribution is 2.22. The SMILES string of the molecule is COc1ccccc1C=Cc1nn2c(Cc3ccccc3)nnc2s1. The molecule has 2 heterocycles. The molecule has 0 radical (unpaired) electrons. The highest BCUT2D eigenvalue weighted by atomic mass is 32.1. The Morgan fingerprint density at radius 3 is 2.64 bits per heavy atom. The fourth-order valence-electron chi connectivity index (χ4n) is 2.59. The van der Waals surface area contributed by atoms with Crippen LogP contribution in [0.2, 0.25) is 0 Å². The predicted octanol–water partition coefficient (Wildman–Crippen LogP) is 3.96. The zero-order valence-corrected chi connectivity index (χ0v) is 14.5. The maximum Gasteiger partial charge on any atom is 0.234 e. The van der Waals surface area contributed by atoms with E-state index in [2.05, 4.69) is 27.4 Å². The molecule has 0 aliphatic rings. The van der Waals surface area contributed by atoms with E-state index in [9.17, 15) is 0 Å². The summed E-state index contributed by atoms with van der Waals surface area (Å²) in [5.41, 5.74) is 2.20. The minimum Gasteiger partial charge on any atom is -0.496 e. The molecule has 0 bridgehead atoms. The lowest BCUT2D eigenvalue weighted by Gasteiger charge is -2.02. The Balaban J connectivity index is 1.61. The fourth-order valence-corrected chi connectivity index (χ4v) is 3.35. The lowest BCUT2D eigenvalue weighted by molar-refractivity contribution is 0.414. The van der Waals surface area contributed by atoms with Crippen LogP contribution in [0.25, 0.3) is 17.1 Å². The van der Waals surface area contributed by atoms with Crippen LogP contribution in [0.1, 0.15) is 22.0 Å². The van der Waals surface area contributed by atoms with Crippen molar-refractivity contribution < 1.29 is 4.74 Å². The van der Waals surface area contributed by atoms with Gasteiger partial charge in [0.25, 0.3) is 0 Å². The second kappa shape index (κ2) is 6.86. The van der Waals surface area contributed by atoms with E-state index in [0.717, 1.165) is 27.1 Å². The van der Waals surface area contributed by atoms with Crippen LogP contribution in [0.15, 0.2) is 54.6 Å². The van der Waals surface area contributed by atoms with Gasteiger partial charge >= 0.3 is 0 Å². The summed E-state index contributed by atoms with van der Waals surface area (Å²) in [6.07, 6.45) is 4.69. The number of para-hydroxylation sites is 1. The molecule has 0 N–H and O–H groups in total. The van der Waals surface area contributed by atoms with Gasteiger partial charge in [-0.25, -0.2) is 0 Å². The third-order valence-corrected chi connectivity index (χ3v) is 4.68. The molecular formula is C19H16N4OS. The molecule has 0 saturated heterocycles. The molecule has 0 fully saturated rings. The molecule has 6 heteroatoms. The fraction of sp³-hybridized carbons (Fsp3) is 0.105. The first-order valence-electron chi connectivity index (χ1n) is 7.89. The van der Waals surface area contributed by atoms with Gasteiger partial charge in [-0.1, -0.05) is 59.9 Å². The molecule has 0 amide bonds. The van der Waals surface area contributed by atoms with Gasteiger partial charge in [-0.3, -0.25) is 0 Å². The van der Waals surface area contributed by atoms with Crippen LogP contribution in [0, 0.1) is 0 Å². The molecule has 25 heavy (non-hydrogen) atoms. The van der Waals surface area contributed by atoms with Crippen molar-refractivity contribution in [2.75, 3.05) is 7.11 Å². The van der Waals surface area contributed by atoms with Gasteiger partial charge in [-0.15, -0.1) is 10.2 Å². The number of aromatic nitrogens is 4. The van der Waals surface area contributed by atoms with Crippen LogP contribution in [-0.4, -0.2) is 26.9 Å². The van der Waals surface area contributed by atoms with Crippen molar-refractivity contribution in [1.29, 1.82) is 0 Å². The van der Waals surface area contributed by atoms with Gasteiger partial charge < -0.3 is 4.74 Å². The minimum absolute atomic E-state index is 0.710. The van der Waals surface area contributed by atoms with Gasteiger partial charge in [0.15, 0.2) is 5.82 Å². The van der Waals surface area contributed by atoms with Gasteiger partial charge in [0, 0.05) is 12.0 Å². The third-order valence-electron chi connectivity index (χ3n) is 3.82. The molecule has 0 unspecified atom stereocenters. The number of hydrogen-bond acceptors (Lipinski definition) is 5. The molecule has 0 spiro atoms. The average Bonchev–Trinajstić information content (AvgIpc) is 3.22. The summed E-state index contributed by atoms with van der Waals surface area (Å²) in [6.45, 7) is 0. The first kappa shape index (κ1) is 15.5. The van der Waals surface area contributed by atoms with Gasteiger partial charge in [0.1, 0.15) is 10.8 Å². The summed E-state index contributed by atoms with van der Waals surface area (Å²) in [6, 6.07) is 18.1. The van der Waals surface area contributed by atoms with Gasteiger partial charge in [0.05, 0.1) is 7.11 Å². The topological polar surface area (TPSA) is 52.3 Å². The van der Waals surface area contributed by atoms with Crippen LogP contribution in [-0.2, 0) is 6.42 Å². The van der Waals surface area contributed by atoms with Crippen molar-refractivity contribution in [1.82, 2.24) is 19.8 Å². The standard InChI is InChI=1S/C19H16N4OS/c1-24-16-10-6-5-9-15(16)11-12-18-22-23-17(20-21-19(23)25-18)13-14-7-3-2-4-8-14/h2-12H,13H2,1H3. The Morgan fingerprint density at radius 2 is 1.80 bits per heavy atom. The molecule has 0 saturated carbocycles. The molecule has 4 aromatic rings. The molecule has 5 nitrogen and oxygen atoms in total. The Morgan fingerprint density at radius 1 is 1.00 bits per heavy atom. The minimum atomic E-state index is 0.710. The van der Waals surface area contributed by atoms with Crippen molar-refractivity contribution in [2.45, 2.75) is 6.42 Å². The normalized spacial score (nSPS) is 11.4. The Hall–Kier alpha value is -2.99. The van der Waals surface area contributed by atoms with E-state index < -0.39 is 0 Å². The van der Waals surface area contributed by atoms with Crippen LogP contribution < -0.4 is 4.74 Å². The van der Waals surface area contributed by atoms with E-state index in [1.54, 1.807) is 7.11 Å². The van der Waals surface area contributed by atoms with Gasteiger partial charge in [-0.2, -0.15) is 9.61 Å². The van der Waals surface area contributed by atoms with E-state index in [1.165, 1.54) is 16.9 Å². The van der Waals surface area contributed by atoms with E-state index in [0.29, 0.717) is 6.42 Å². The zero-order chi connectivity index (χ0) is 17.1. The van der Waals surface area contributed by atoms with Gasteiger partial charge in [0.2, 0.25) is 4.96 Å². The highest BCUT2D eigenvalue weighted by Gasteiger charge is 2.11. The number of rotatable bonds is 5. The smallest absolute Gasteiger partial charge is 0.234 e. The number of nitrogens with zero attached hydrogens (tertiary/aromatic N) is 4. The van der Waals surface area contributed by atoms with E-state index >= 15 is 0 Å². The maximum atomic E-state index is 5.37. The van der Waals surface area contributed by atoms with Crippen molar-refractivity contribution >= 4 is 28.4 Å². The second-order valence-corrected chi connectivity index (χ2v) is 6.48. The van der Waals surface area contributed by atoms with E-state index in [1.807, 2.05) is 59.1 Å². The molecule has 4 rings (SSSR count). The molecule has 124 valence electrons. The summed E-state index contributed by atoms with van der Waals surface area (Å²) in [4.78, 5) is 0.797. The van der Waals surface area contributed by atoms with Crippen LogP contribution in [0.5, 0.6) is 5.75 Å². The summed E-state index contributed by atoms with van der Waals surface area (Å²) in [5.74, 6) is 1.68. The van der Waals surface area contributed by atoms with E-state index in [-0.39, 0.29) is 0 Å². The summed E-state index contributed by atoms with van der Waals surface area (Å²) in [7, 11) is 1.67. The lowest BCUT2D eigenvalue weighted by Crippen LogP contribution is -1.97.